The summed E-state index contributed by atoms with van der Waals surface area (Å²) in [6.07, 6.45) is 8.52. The van der Waals surface area contributed by atoms with Gasteiger partial charge in [-0.1, -0.05) is 51.2 Å². The molecule has 4 heteroatoms. The highest BCUT2D eigenvalue weighted by molar-refractivity contribution is 7.91. The van der Waals surface area contributed by atoms with Gasteiger partial charge in [-0.25, -0.2) is 8.42 Å². The van der Waals surface area contributed by atoms with Gasteiger partial charge in [-0.15, -0.1) is 0 Å². The zero-order valence-electron chi connectivity index (χ0n) is 14.2. The van der Waals surface area contributed by atoms with Crippen LogP contribution in [0.3, 0.4) is 0 Å². The van der Waals surface area contributed by atoms with E-state index < -0.39 is 9.84 Å². The molecule has 0 saturated heterocycles. The summed E-state index contributed by atoms with van der Waals surface area (Å²) in [6.45, 7) is 2.22. The molecule has 0 heterocycles. The molecule has 0 fully saturated rings. The summed E-state index contributed by atoms with van der Waals surface area (Å²) in [5.41, 5.74) is 1.18. The van der Waals surface area contributed by atoms with Crippen molar-refractivity contribution in [2.45, 2.75) is 61.7 Å². The van der Waals surface area contributed by atoms with Gasteiger partial charge in [-0.05, 0) is 54.8 Å². The maximum Gasteiger partial charge on any atom is 0.206 e. The highest BCUT2D eigenvalue weighted by Gasteiger charge is 2.17. The molecular formula is C20H26O3S. The van der Waals surface area contributed by atoms with Gasteiger partial charge in [0, 0.05) is 0 Å². The zero-order chi connectivity index (χ0) is 17.4. The van der Waals surface area contributed by atoms with Crippen molar-refractivity contribution in [2.24, 2.45) is 0 Å². The Labute approximate surface area is 145 Å². The minimum Gasteiger partial charge on any atom is -0.508 e. The van der Waals surface area contributed by atoms with Crippen molar-refractivity contribution in [3.05, 3.63) is 54.1 Å². The monoisotopic (exact) mass is 346 g/mol. The lowest BCUT2D eigenvalue weighted by Crippen LogP contribution is -2.01. The van der Waals surface area contributed by atoms with Crippen LogP contribution < -0.4 is 0 Å². The van der Waals surface area contributed by atoms with E-state index in [0.717, 1.165) is 12.8 Å². The number of aryl methyl sites for hydroxylation is 1. The Morgan fingerprint density at radius 2 is 1.25 bits per heavy atom. The second kappa shape index (κ2) is 8.88. The third-order valence-corrected chi connectivity index (χ3v) is 5.99. The van der Waals surface area contributed by atoms with E-state index in [0.29, 0.717) is 4.90 Å². The van der Waals surface area contributed by atoms with Crippen LogP contribution in [0.5, 0.6) is 5.75 Å². The highest BCUT2D eigenvalue weighted by atomic mass is 32.2. The predicted octanol–water partition coefficient (Wildman–Crippen LogP) is 5.13. The van der Waals surface area contributed by atoms with Crippen molar-refractivity contribution in [1.29, 1.82) is 0 Å². The fourth-order valence-corrected chi connectivity index (χ4v) is 3.97. The molecule has 2 rings (SSSR count). The third-order valence-electron chi connectivity index (χ3n) is 4.20. The summed E-state index contributed by atoms with van der Waals surface area (Å²) in [5.74, 6) is 0.0586. The molecule has 0 aromatic heterocycles. The van der Waals surface area contributed by atoms with Crippen LogP contribution in [0.25, 0.3) is 0 Å². The van der Waals surface area contributed by atoms with Gasteiger partial charge in [-0.2, -0.15) is 0 Å². The Balaban J connectivity index is 1.95. The van der Waals surface area contributed by atoms with Crippen LogP contribution in [0.15, 0.2) is 58.3 Å². The first-order chi connectivity index (χ1) is 11.5. The van der Waals surface area contributed by atoms with Gasteiger partial charge in [0.1, 0.15) is 5.75 Å². The van der Waals surface area contributed by atoms with Crippen LogP contribution in [-0.4, -0.2) is 13.5 Å². The number of phenolic OH excluding ortho intramolecular Hbond substituents is 1. The first-order valence-corrected chi connectivity index (χ1v) is 10.2. The molecule has 2 aromatic carbocycles. The maximum atomic E-state index is 12.5. The molecule has 0 aliphatic heterocycles. The molecule has 0 aliphatic rings. The quantitative estimate of drug-likeness (QED) is 0.641. The molecule has 0 atom stereocenters. The van der Waals surface area contributed by atoms with Crippen molar-refractivity contribution in [2.75, 3.05) is 0 Å². The molecule has 3 nitrogen and oxygen atoms in total. The maximum absolute atomic E-state index is 12.5. The molecule has 0 saturated carbocycles. The highest BCUT2D eigenvalue weighted by Crippen LogP contribution is 2.23. The number of benzene rings is 2. The van der Waals surface area contributed by atoms with Crippen molar-refractivity contribution >= 4 is 9.84 Å². The Morgan fingerprint density at radius 1 is 0.750 bits per heavy atom. The van der Waals surface area contributed by atoms with Crippen LogP contribution in [0.2, 0.25) is 0 Å². The smallest absolute Gasteiger partial charge is 0.206 e. The zero-order valence-corrected chi connectivity index (χ0v) is 15.1. The minimum absolute atomic E-state index is 0.0586. The van der Waals surface area contributed by atoms with Gasteiger partial charge in [0.2, 0.25) is 9.84 Å². The molecule has 0 bridgehead atoms. The third kappa shape index (κ3) is 5.10. The lowest BCUT2D eigenvalue weighted by atomic mass is 10.1. The standard InChI is InChI=1S/C20H26O3S/c1-2-3-4-5-6-7-8-17-9-13-19(14-10-17)24(22,23)20-15-11-18(21)12-16-20/h9-16,21H,2-8H2,1H3. The van der Waals surface area contributed by atoms with Gasteiger partial charge in [0.15, 0.2) is 0 Å². The van der Waals surface area contributed by atoms with E-state index in [2.05, 4.69) is 6.92 Å². The van der Waals surface area contributed by atoms with Crippen LogP contribution in [0.4, 0.5) is 0 Å². The molecule has 0 amide bonds. The molecule has 0 radical (unpaired) electrons. The van der Waals surface area contributed by atoms with Crippen LogP contribution in [0, 0.1) is 0 Å². The van der Waals surface area contributed by atoms with Crippen molar-refractivity contribution in [3.63, 3.8) is 0 Å². The Kier molecular flexibility index (Phi) is 6.85. The molecule has 0 unspecified atom stereocenters. The Morgan fingerprint density at radius 3 is 1.83 bits per heavy atom. The van der Waals surface area contributed by atoms with Gasteiger partial charge < -0.3 is 5.11 Å². The van der Waals surface area contributed by atoms with Gasteiger partial charge >= 0.3 is 0 Å². The summed E-state index contributed by atoms with van der Waals surface area (Å²) >= 11 is 0. The number of unbranched alkanes of at least 4 members (excludes halogenated alkanes) is 5. The summed E-state index contributed by atoms with van der Waals surface area (Å²) in [7, 11) is -3.52. The second-order valence-electron chi connectivity index (χ2n) is 6.16. The Hall–Kier alpha value is -1.81. The molecule has 130 valence electrons. The van der Waals surface area contributed by atoms with Crippen LogP contribution >= 0.6 is 0 Å². The normalized spacial score (nSPS) is 11.5. The first kappa shape index (κ1) is 18.5. The van der Waals surface area contributed by atoms with E-state index in [1.165, 1.54) is 61.9 Å². The van der Waals surface area contributed by atoms with Gasteiger partial charge in [0.05, 0.1) is 9.79 Å². The van der Waals surface area contributed by atoms with E-state index in [9.17, 15) is 13.5 Å². The topological polar surface area (TPSA) is 54.4 Å². The van der Waals surface area contributed by atoms with Crippen molar-refractivity contribution in [3.8, 4) is 5.75 Å². The average Bonchev–Trinajstić information content (AvgIpc) is 2.59. The van der Waals surface area contributed by atoms with E-state index in [4.69, 9.17) is 0 Å². The minimum atomic E-state index is -3.52. The first-order valence-electron chi connectivity index (χ1n) is 8.67. The number of rotatable bonds is 9. The summed E-state index contributed by atoms with van der Waals surface area (Å²) in [5, 5.41) is 9.28. The second-order valence-corrected chi connectivity index (χ2v) is 8.11. The lowest BCUT2D eigenvalue weighted by molar-refractivity contribution is 0.475. The van der Waals surface area contributed by atoms with E-state index in [1.54, 1.807) is 12.1 Å². The molecule has 2 aromatic rings. The number of sulfone groups is 1. The van der Waals surface area contributed by atoms with Crippen LogP contribution in [-0.2, 0) is 16.3 Å². The molecule has 1 N–H and O–H groups in total. The molecule has 0 aliphatic carbocycles. The predicted molar refractivity (Wildman–Crippen MR) is 97.1 cm³/mol. The number of phenols is 1. The number of hydrogen-bond acceptors (Lipinski definition) is 3. The summed E-state index contributed by atoms with van der Waals surface area (Å²) in [4.78, 5) is 0.490. The van der Waals surface area contributed by atoms with Gasteiger partial charge in [0.25, 0.3) is 0 Å². The number of aromatic hydroxyl groups is 1. The van der Waals surface area contributed by atoms with Crippen molar-refractivity contribution in [1.82, 2.24) is 0 Å². The summed E-state index contributed by atoms with van der Waals surface area (Å²) < 4.78 is 25.1. The molecule has 24 heavy (non-hydrogen) atoms. The fourth-order valence-electron chi connectivity index (χ4n) is 2.71. The van der Waals surface area contributed by atoms with Crippen LogP contribution in [0.1, 0.15) is 51.0 Å². The van der Waals surface area contributed by atoms with Crippen molar-refractivity contribution < 1.29 is 13.5 Å². The SMILES string of the molecule is CCCCCCCCc1ccc(S(=O)(=O)c2ccc(O)cc2)cc1. The fraction of sp³-hybridized carbons (Fsp3) is 0.400. The summed E-state index contributed by atoms with van der Waals surface area (Å²) in [6, 6.07) is 12.8. The number of hydrogen-bond donors (Lipinski definition) is 1. The lowest BCUT2D eigenvalue weighted by Gasteiger charge is -2.07. The molecular weight excluding hydrogens is 320 g/mol. The van der Waals surface area contributed by atoms with E-state index in [1.807, 2.05) is 12.1 Å². The Bertz CT molecular complexity index is 716. The largest absolute Gasteiger partial charge is 0.508 e. The average molecular weight is 346 g/mol. The van der Waals surface area contributed by atoms with Gasteiger partial charge in [-0.3, -0.25) is 0 Å². The van der Waals surface area contributed by atoms with E-state index >= 15 is 0 Å². The molecule has 0 spiro atoms. The van der Waals surface area contributed by atoms with E-state index in [-0.39, 0.29) is 10.6 Å².